The molecule has 1 heterocycles. The lowest BCUT2D eigenvalue weighted by molar-refractivity contribution is 0.0602. The van der Waals surface area contributed by atoms with Crippen LogP contribution in [0.5, 0.6) is 0 Å². The number of benzene rings is 1. The molecule has 5 heteroatoms. The van der Waals surface area contributed by atoms with Crippen LogP contribution >= 0.6 is 0 Å². The maximum Gasteiger partial charge on any atom is 0.340 e. The summed E-state index contributed by atoms with van der Waals surface area (Å²) < 4.78 is 4.72. The van der Waals surface area contributed by atoms with Gasteiger partial charge >= 0.3 is 5.97 Å². The van der Waals surface area contributed by atoms with Crippen molar-refractivity contribution in [2.24, 2.45) is 5.92 Å². The number of aliphatic hydroxyl groups excluding tert-OH is 1. The van der Waals surface area contributed by atoms with Crippen LogP contribution in [-0.4, -0.2) is 37.9 Å². The van der Waals surface area contributed by atoms with Crippen LogP contribution < -0.4 is 10.6 Å². The first-order chi connectivity index (χ1) is 9.17. The molecule has 0 amide bonds. The number of carbonyl (C=O) groups excluding carboxylic acids is 1. The van der Waals surface area contributed by atoms with E-state index in [0.717, 1.165) is 31.6 Å². The van der Waals surface area contributed by atoms with E-state index in [0.29, 0.717) is 17.2 Å². The van der Waals surface area contributed by atoms with Crippen molar-refractivity contribution in [3.63, 3.8) is 0 Å². The molecule has 1 saturated heterocycles. The molecule has 5 nitrogen and oxygen atoms in total. The Bertz CT molecular complexity index is 454. The average molecular weight is 264 g/mol. The van der Waals surface area contributed by atoms with Gasteiger partial charge in [0.2, 0.25) is 0 Å². The number of hydrogen-bond donors (Lipinski definition) is 2. The number of carbonyl (C=O) groups is 1. The largest absolute Gasteiger partial charge is 0.465 e. The zero-order chi connectivity index (χ0) is 13.8. The van der Waals surface area contributed by atoms with Gasteiger partial charge in [-0.3, -0.25) is 0 Å². The van der Waals surface area contributed by atoms with Gasteiger partial charge in [0.1, 0.15) is 0 Å². The number of nitrogens with two attached hydrogens (primary N) is 1. The van der Waals surface area contributed by atoms with Crippen LogP contribution in [0.1, 0.15) is 23.2 Å². The topological polar surface area (TPSA) is 75.8 Å². The van der Waals surface area contributed by atoms with E-state index in [1.807, 2.05) is 12.1 Å². The minimum absolute atomic E-state index is 0.242. The maximum absolute atomic E-state index is 11.6. The fourth-order valence-corrected chi connectivity index (χ4v) is 2.47. The van der Waals surface area contributed by atoms with Gasteiger partial charge in [-0.1, -0.05) is 6.07 Å². The van der Waals surface area contributed by atoms with E-state index < -0.39 is 5.97 Å². The minimum Gasteiger partial charge on any atom is -0.465 e. The van der Waals surface area contributed by atoms with Crippen molar-refractivity contribution in [1.29, 1.82) is 0 Å². The second-order valence-corrected chi connectivity index (χ2v) is 4.84. The number of ether oxygens (including phenoxy) is 1. The van der Waals surface area contributed by atoms with Crippen LogP contribution in [0, 0.1) is 5.92 Å². The van der Waals surface area contributed by atoms with Gasteiger partial charge in [0.05, 0.1) is 24.0 Å². The van der Waals surface area contributed by atoms with Gasteiger partial charge in [-0.15, -0.1) is 0 Å². The van der Waals surface area contributed by atoms with Crippen molar-refractivity contribution in [3.05, 3.63) is 23.8 Å². The molecule has 0 saturated carbocycles. The van der Waals surface area contributed by atoms with Gasteiger partial charge < -0.3 is 20.5 Å². The highest BCUT2D eigenvalue weighted by Gasteiger charge is 2.22. The van der Waals surface area contributed by atoms with E-state index in [1.165, 1.54) is 7.11 Å². The molecule has 0 radical (unpaired) electrons. The lowest BCUT2D eigenvalue weighted by Gasteiger charge is -2.33. The lowest BCUT2D eigenvalue weighted by atomic mass is 9.97. The smallest absolute Gasteiger partial charge is 0.340 e. The summed E-state index contributed by atoms with van der Waals surface area (Å²) in [7, 11) is 1.35. The number of rotatable bonds is 3. The van der Waals surface area contributed by atoms with Crippen LogP contribution in [0.25, 0.3) is 0 Å². The standard InChI is InChI=1S/C14H20N2O3/c1-19-14(18)11-3-2-4-12(13(11)15)16-7-5-10(9-17)6-8-16/h2-4,10,17H,5-9,15H2,1H3. The number of methoxy groups -OCH3 is 1. The monoisotopic (exact) mass is 264 g/mol. The van der Waals surface area contributed by atoms with Crippen LogP contribution in [0.15, 0.2) is 18.2 Å². The number of aliphatic hydroxyl groups is 1. The lowest BCUT2D eigenvalue weighted by Crippen LogP contribution is -2.35. The van der Waals surface area contributed by atoms with Gasteiger partial charge in [0.15, 0.2) is 0 Å². The van der Waals surface area contributed by atoms with Crippen molar-refractivity contribution in [2.75, 3.05) is 37.4 Å². The number of para-hydroxylation sites is 1. The molecule has 3 N–H and O–H groups in total. The summed E-state index contributed by atoms with van der Waals surface area (Å²) in [5, 5.41) is 9.15. The molecule has 0 spiro atoms. The Morgan fingerprint density at radius 3 is 2.74 bits per heavy atom. The number of hydrogen-bond acceptors (Lipinski definition) is 5. The first-order valence-corrected chi connectivity index (χ1v) is 6.50. The third-order valence-electron chi connectivity index (χ3n) is 3.70. The highest BCUT2D eigenvalue weighted by Crippen LogP contribution is 2.30. The molecule has 0 aromatic heterocycles. The molecule has 104 valence electrons. The normalized spacial score (nSPS) is 16.4. The summed E-state index contributed by atoms with van der Waals surface area (Å²) >= 11 is 0. The van der Waals surface area contributed by atoms with Crippen molar-refractivity contribution in [1.82, 2.24) is 0 Å². The summed E-state index contributed by atoms with van der Waals surface area (Å²) in [6, 6.07) is 5.41. The Balaban J connectivity index is 2.19. The number of piperidine rings is 1. The SMILES string of the molecule is COC(=O)c1cccc(N2CCC(CO)CC2)c1N. The zero-order valence-electron chi connectivity index (χ0n) is 11.1. The number of esters is 1. The molecule has 2 rings (SSSR count). The van der Waals surface area contributed by atoms with Crippen LogP contribution in [0.4, 0.5) is 11.4 Å². The molecule has 0 unspecified atom stereocenters. The quantitative estimate of drug-likeness (QED) is 0.635. The summed E-state index contributed by atoms with van der Waals surface area (Å²) in [6.07, 6.45) is 1.89. The molecule has 1 fully saturated rings. The molecular formula is C14H20N2O3. The third kappa shape index (κ3) is 2.81. The number of nitrogen functional groups attached to an aromatic ring is 1. The van der Waals surface area contributed by atoms with Crippen LogP contribution in [0.2, 0.25) is 0 Å². The second kappa shape index (κ2) is 5.93. The number of nitrogens with zero attached hydrogens (tertiary/aromatic N) is 1. The van der Waals surface area contributed by atoms with Crippen LogP contribution in [-0.2, 0) is 4.74 Å². The van der Waals surface area contributed by atoms with E-state index in [2.05, 4.69) is 4.90 Å². The van der Waals surface area contributed by atoms with Crippen molar-refractivity contribution >= 4 is 17.3 Å². The Morgan fingerprint density at radius 2 is 2.16 bits per heavy atom. The molecule has 19 heavy (non-hydrogen) atoms. The van der Waals surface area contributed by atoms with E-state index in [9.17, 15) is 4.79 Å². The zero-order valence-corrected chi connectivity index (χ0v) is 11.1. The van der Waals surface area contributed by atoms with E-state index in [1.54, 1.807) is 6.07 Å². The van der Waals surface area contributed by atoms with E-state index >= 15 is 0 Å². The third-order valence-corrected chi connectivity index (χ3v) is 3.70. The minimum atomic E-state index is -0.412. The Labute approximate surface area is 113 Å². The Morgan fingerprint density at radius 1 is 1.47 bits per heavy atom. The van der Waals surface area contributed by atoms with E-state index in [-0.39, 0.29) is 6.61 Å². The summed E-state index contributed by atoms with van der Waals surface area (Å²) in [5.41, 5.74) is 7.82. The molecular weight excluding hydrogens is 244 g/mol. The maximum atomic E-state index is 11.6. The predicted octanol–water partition coefficient (Wildman–Crippen LogP) is 1.26. The molecule has 0 atom stereocenters. The first kappa shape index (κ1) is 13.7. The van der Waals surface area contributed by atoms with Crippen molar-refractivity contribution in [2.45, 2.75) is 12.8 Å². The fraction of sp³-hybridized carbons (Fsp3) is 0.500. The second-order valence-electron chi connectivity index (χ2n) is 4.84. The van der Waals surface area contributed by atoms with Gasteiger partial charge in [-0.25, -0.2) is 4.79 Å². The van der Waals surface area contributed by atoms with Gasteiger partial charge in [0, 0.05) is 19.7 Å². The van der Waals surface area contributed by atoms with E-state index in [4.69, 9.17) is 15.6 Å². The molecule has 1 aromatic rings. The Kier molecular flexibility index (Phi) is 4.27. The molecule has 0 bridgehead atoms. The predicted molar refractivity (Wildman–Crippen MR) is 74.2 cm³/mol. The highest BCUT2D eigenvalue weighted by molar-refractivity contribution is 5.98. The van der Waals surface area contributed by atoms with Gasteiger partial charge in [0.25, 0.3) is 0 Å². The van der Waals surface area contributed by atoms with Crippen LogP contribution in [0.3, 0.4) is 0 Å². The molecule has 0 aliphatic carbocycles. The number of anilines is 2. The van der Waals surface area contributed by atoms with Gasteiger partial charge in [-0.05, 0) is 30.9 Å². The molecule has 1 aliphatic rings. The molecule has 1 aromatic carbocycles. The summed E-state index contributed by atoms with van der Waals surface area (Å²) in [4.78, 5) is 13.8. The summed E-state index contributed by atoms with van der Waals surface area (Å²) in [5.74, 6) is -0.0362. The summed E-state index contributed by atoms with van der Waals surface area (Å²) in [6.45, 7) is 1.94. The Hall–Kier alpha value is -1.75. The molecule has 1 aliphatic heterocycles. The van der Waals surface area contributed by atoms with Gasteiger partial charge in [-0.2, -0.15) is 0 Å². The first-order valence-electron chi connectivity index (χ1n) is 6.50. The van der Waals surface area contributed by atoms with Crippen molar-refractivity contribution in [3.8, 4) is 0 Å². The van der Waals surface area contributed by atoms with Crippen molar-refractivity contribution < 1.29 is 14.6 Å². The average Bonchev–Trinajstić information content (AvgIpc) is 2.47. The fourth-order valence-electron chi connectivity index (χ4n) is 2.47. The highest BCUT2D eigenvalue weighted by atomic mass is 16.5.